The van der Waals surface area contributed by atoms with Gasteiger partial charge in [-0.15, -0.1) is 0 Å². The number of fused-ring (bicyclic) bond motifs is 2. The molecule has 2 aromatic rings. The van der Waals surface area contributed by atoms with E-state index in [1.54, 1.807) is 6.20 Å². The number of alkyl halides is 2. The lowest BCUT2D eigenvalue weighted by atomic mass is 9.51. The number of aliphatic hydroxyl groups is 2. The van der Waals surface area contributed by atoms with Crippen LogP contribution in [0.15, 0.2) is 42.6 Å². The third kappa shape index (κ3) is 2.74. The highest BCUT2D eigenvalue weighted by molar-refractivity contribution is 5.93. The summed E-state index contributed by atoms with van der Waals surface area (Å²) in [4.78, 5) is 6.36. The Bertz CT molecular complexity index is 1310. The van der Waals surface area contributed by atoms with Crippen LogP contribution in [-0.4, -0.2) is 75.0 Å². The van der Waals surface area contributed by atoms with Crippen molar-refractivity contribution in [3.8, 4) is 0 Å². The van der Waals surface area contributed by atoms with Gasteiger partial charge in [-0.2, -0.15) is 0 Å². The van der Waals surface area contributed by atoms with Crippen molar-refractivity contribution in [1.82, 2.24) is 9.88 Å². The summed E-state index contributed by atoms with van der Waals surface area (Å²) in [6, 6.07) is 9.74. The van der Waals surface area contributed by atoms with Crippen molar-refractivity contribution in [2.75, 3.05) is 14.1 Å². The molecule has 7 rings (SSSR count). The summed E-state index contributed by atoms with van der Waals surface area (Å²) >= 11 is 0. The minimum atomic E-state index is -2.32. The molecule has 7 heteroatoms. The Hall–Kier alpha value is -1.93. The fraction of sp³-hybridized carbons (Fsp3) is 0.633. The van der Waals surface area contributed by atoms with Gasteiger partial charge in [-0.05, 0) is 81.3 Å². The summed E-state index contributed by atoms with van der Waals surface area (Å²) in [6.07, 6.45) is 3.08. The van der Waals surface area contributed by atoms with Gasteiger partial charge >= 0.3 is 0 Å². The van der Waals surface area contributed by atoms with Crippen molar-refractivity contribution in [2.45, 2.75) is 92.7 Å². The molecule has 2 spiro atoms. The minimum absolute atomic E-state index is 0.133. The smallest absolute Gasteiger partial charge is 0.171 e. The zero-order chi connectivity index (χ0) is 26.0. The Morgan fingerprint density at radius 1 is 1.05 bits per heavy atom. The van der Waals surface area contributed by atoms with E-state index in [9.17, 15) is 10.2 Å². The Balaban J connectivity index is 1.32. The number of hydrogen-bond donors (Lipinski definition) is 2. The van der Waals surface area contributed by atoms with Gasteiger partial charge in [0, 0.05) is 30.0 Å². The van der Waals surface area contributed by atoms with E-state index in [2.05, 4.69) is 30.1 Å². The van der Waals surface area contributed by atoms with Crippen molar-refractivity contribution < 1.29 is 23.7 Å². The molecule has 2 bridgehead atoms. The van der Waals surface area contributed by atoms with Crippen LogP contribution in [0.5, 0.6) is 0 Å². The molecule has 3 unspecified atom stereocenters. The molecule has 0 amide bonds. The number of allylic oxidation sites excluding steroid dienone is 2. The average Bonchev–Trinajstić information content (AvgIpc) is 3.42. The number of aromatic nitrogens is 1. The summed E-state index contributed by atoms with van der Waals surface area (Å²) in [5.74, 6) is -0.133. The largest absolute Gasteiger partial charge is 0.389 e. The van der Waals surface area contributed by atoms with Crippen molar-refractivity contribution in [2.24, 2.45) is 11.3 Å². The molecule has 198 valence electrons. The van der Waals surface area contributed by atoms with Crippen LogP contribution in [0, 0.1) is 11.3 Å². The third-order valence-electron chi connectivity index (χ3n) is 11.2. The van der Waals surface area contributed by atoms with Gasteiger partial charge in [0.05, 0.1) is 11.6 Å². The van der Waals surface area contributed by atoms with Crippen LogP contribution in [0.3, 0.4) is 0 Å². The summed E-state index contributed by atoms with van der Waals surface area (Å²) in [5, 5.41) is 23.0. The predicted molar refractivity (Wildman–Crippen MR) is 137 cm³/mol. The summed E-state index contributed by atoms with van der Waals surface area (Å²) < 4.78 is 41.0. The normalized spacial score (nSPS) is 48.5. The van der Waals surface area contributed by atoms with Crippen LogP contribution in [0.2, 0.25) is 0 Å². The van der Waals surface area contributed by atoms with Crippen LogP contribution in [0.1, 0.15) is 57.4 Å². The number of ether oxygens (including phenoxy) is 1. The molecular formula is C30H36F2N2O3. The summed E-state index contributed by atoms with van der Waals surface area (Å²) in [5.41, 5.74) is -3.70. The van der Waals surface area contributed by atoms with Crippen molar-refractivity contribution in [3.63, 3.8) is 0 Å². The summed E-state index contributed by atoms with van der Waals surface area (Å²) in [6.45, 7) is 2.23. The number of nitrogens with zero attached hydrogens (tertiary/aromatic N) is 2. The number of halogens is 2. The highest BCUT2D eigenvalue weighted by atomic mass is 19.2. The van der Waals surface area contributed by atoms with Crippen LogP contribution in [-0.2, 0) is 4.74 Å². The maximum Gasteiger partial charge on any atom is 0.171 e. The molecule has 2 saturated heterocycles. The average molecular weight is 511 g/mol. The maximum atomic E-state index is 17.3. The Labute approximate surface area is 216 Å². The first-order valence-corrected chi connectivity index (χ1v) is 13.7. The molecule has 0 radical (unpaired) electrons. The molecule has 3 heterocycles. The molecule has 5 aliphatic rings. The summed E-state index contributed by atoms with van der Waals surface area (Å²) in [7, 11) is 3.64. The second-order valence-electron chi connectivity index (χ2n) is 12.9. The molecule has 2 saturated carbocycles. The van der Waals surface area contributed by atoms with E-state index in [0.717, 1.165) is 16.5 Å². The lowest BCUT2D eigenvalue weighted by Gasteiger charge is -2.65. The number of benzene rings is 1. The first kappa shape index (κ1) is 24.1. The Morgan fingerprint density at radius 3 is 2.65 bits per heavy atom. The van der Waals surface area contributed by atoms with Gasteiger partial charge in [-0.25, -0.2) is 8.78 Å². The molecule has 37 heavy (non-hydrogen) atoms. The molecule has 5 nitrogen and oxygen atoms in total. The number of rotatable bonds is 2. The maximum absolute atomic E-state index is 17.3. The zero-order valence-corrected chi connectivity index (χ0v) is 21.8. The molecule has 2 aliphatic heterocycles. The standard InChI is InChI=1S/C30H36F2N2O3/c1-26-11-12-27(31)17-29(32)25(36)24(35)22(34(2)3)16-28(29)13-14-30(27,37-28)23(26)10-9-20(26)18-6-4-8-21-19(18)7-5-15-33-21/h4-9,15,22-25,35-36H,10-14,16-17H2,1-3H3/t22-,23?,24+,25-,26+,27?,28+,29?,30-/m0/s1. The molecular weight excluding hydrogens is 474 g/mol. The van der Waals surface area contributed by atoms with Gasteiger partial charge in [0.25, 0.3) is 0 Å². The second kappa shape index (κ2) is 7.38. The molecule has 1 aromatic carbocycles. The highest BCUT2D eigenvalue weighted by Crippen LogP contribution is 2.74. The van der Waals surface area contributed by atoms with E-state index < -0.39 is 47.2 Å². The number of hydrogen-bond acceptors (Lipinski definition) is 5. The fourth-order valence-electron chi connectivity index (χ4n) is 9.28. The molecule has 1 aromatic heterocycles. The third-order valence-corrected chi connectivity index (χ3v) is 11.2. The molecule has 3 aliphatic carbocycles. The SMILES string of the molecule is CN(C)[C@H]1C[C@@]23CC[C@]4(O2)C2CC=C(c5cccc6ncccc56)[C@@]2(C)CCC4(F)CC3(F)[C@@H](O)[C@@H]1O. The van der Waals surface area contributed by atoms with Gasteiger partial charge in [0.1, 0.15) is 23.0 Å². The highest BCUT2D eigenvalue weighted by Gasteiger charge is 2.82. The first-order valence-electron chi connectivity index (χ1n) is 13.7. The van der Waals surface area contributed by atoms with E-state index in [0.29, 0.717) is 25.7 Å². The number of pyridine rings is 1. The Morgan fingerprint density at radius 2 is 1.86 bits per heavy atom. The monoisotopic (exact) mass is 510 g/mol. The molecule has 9 atom stereocenters. The van der Waals surface area contributed by atoms with E-state index in [4.69, 9.17) is 4.74 Å². The van der Waals surface area contributed by atoms with Gasteiger partial charge in [0.15, 0.2) is 5.67 Å². The minimum Gasteiger partial charge on any atom is -0.389 e. The lowest BCUT2D eigenvalue weighted by molar-refractivity contribution is -0.347. The van der Waals surface area contributed by atoms with E-state index in [1.165, 1.54) is 5.57 Å². The van der Waals surface area contributed by atoms with Gasteiger partial charge < -0.3 is 19.8 Å². The van der Waals surface area contributed by atoms with Crippen molar-refractivity contribution in [1.29, 1.82) is 0 Å². The van der Waals surface area contributed by atoms with Crippen LogP contribution in [0.4, 0.5) is 8.78 Å². The van der Waals surface area contributed by atoms with Crippen LogP contribution in [0.25, 0.3) is 16.5 Å². The second-order valence-corrected chi connectivity index (χ2v) is 12.9. The number of aliphatic hydroxyl groups excluding tert-OH is 2. The quantitative estimate of drug-likeness (QED) is 0.618. The van der Waals surface area contributed by atoms with E-state index in [1.807, 2.05) is 37.2 Å². The number of likely N-dealkylation sites (N-methyl/N-ethyl adjacent to an activating group) is 1. The zero-order valence-electron chi connectivity index (χ0n) is 21.8. The van der Waals surface area contributed by atoms with E-state index in [-0.39, 0.29) is 24.2 Å². The topological polar surface area (TPSA) is 65.8 Å². The van der Waals surface area contributed by atoms with Gasteiger partial charge in [-0.3, -0.25) is 4.98 Å². The van der Waals surface area contributed by atoms with Crippen LogP contribution < -0.4 is 0 Å². The predicted octanol–water partition coefficient (Wildman–Crippen LogP) is 4.60. The molecule has 2 N–H and O–H groups in total. The van der Waals surface area contributed by atoms with E-state index >= 15 is 8.78 Å². The van der Waals surface area contributed by atoms with Gasteiger partial charge in [-0.1, -0.05) is 31.2 Å². The van der Waals surface area contributed by atoms with Crippen LogP contribution >= 0.6 is 0 Å². The fourth-order valence-corrected chi connectivity index (χ4v) is 9.28. The first-order chi connectivity index (χ1) is 17.5. The Kier molecular flexibility index (Phi) is 4.81. The van der Waals surface area contributed by atoms with Crippen molar-refractivity contribution in [3.05, 3.63) is 48.2 Å². The van der Waals surface area contributed by atoms with Crippen molar-refractivity contribution >= 4 is 16.5 Å². The molecule has 4 fully saturated rings. The van der Waals surface area contributed by atoms with Gasteiger partial charge in [0.2, 0.25) is 0 Å². The lowest BCUT2D eigenvalue weighted by Crippen LogP contribution is -2.78.